The minimum absolute atomic E-state index is 0.145. The molecule has 0 atom stereocenters. The second-order valence-corrected chi connectivity index (χ2v) is 5.78. The van der Waals surface area contributed by atoms with Crippen molar-refractivity contribution in [1.29, 1.82) is 0 Å². The molecule has 0 aromatic heterocycles. The largest absolute Gasteiger partial charge is 0.493 e. The van der Waals surface area contributed by atoms with E-state index in [1.807, 2.05) is 6.92 Å². The lowest BCUT2D eigenvalue weighted by molar-refractivity contribution is -0.122. The van der Waals surface area contributed by atoms with Crippen LogP contribution in [-0.4, -0.2) is 31.6 Å². The molecular formula is C20H17FN2O5. The number of barbiturate groups is 1. The predicted molar refractivity (Wildman–Crippen MR) is 99.6 cm³/mol. The highest BCUT2D eigenvalue weighted by Gasteiger charge is 2.36. The highest BCUT2D eigenvalue weighted by Crippen LogP contribution is 2.29. The number of methoxy groups -OCH3 is 1. The quantitative estimate of drug-likeness (QED) is 0.633. The third-order valence-electron chi connectivity index (χ3n) is 3.99. The number of hydrogen-bond acceptors (Lipinski definition) is 5. The highest BCUT2D eigenvalue weighted by atomic mass is 19.1. The van der Waals surface area contributed by atoms with Gasteiger partial charge in [-0.25, -0.2) is 14.1 Å². The van der Waals surface area contributed by atoms with Crippen molar-refractivity contribution in [2.75, 3.05) is 18.6 Å². The van der Waals surface area contributed by atoms with Crippen LogP contribution in [0.3, 0.4) is 0 Å². The van der Waals surface area contributed by atoms with Crippen molar-refractivity contribution in [1.82, 2.24) is 5.32 Å². The molecule has 0 spiro atoms. The number of benzene rings is 2. The van der Waals surface area contributed by atoms with E-state index in [4.69, 9.17) is 9.47 Å². The van der Waals surface area contributed by atoms with Crippen LogP contribution < -0.4 is 19.7 Å². The van der Waals surface area contributed by atoms with Gasteiger partial charge >= 0.3 is 6.03 Å². The minimum atomic E-state index is -0.900. The number of carbonyl (C=O) groups excluding carboxylic acids is 3. The third-order valence-corrected chi connectivity index (χ3v) is 3.99. The van der Waals surface area contributed by atoms with Gasteiger partial charge in [-0.05, 0) is 55.0 Å². The minimum Gasteiger partial charge on any atom is -0.493 e. The van der Waals surface area contributed by atoms with Crippen molar-refractivity contribution in [3.05, 3.63) is 59.4 Å². The maximum Gasteiger partial charge on any atom is 0.335 e. The SMILES string of the molecule is CCOc1ccc(C=C2C(=O)NC(=O)N(c3ccc(F)cc3)C2=O)cc1OC. The van der Waals surface area contributed by atoms with Gasteiger partial charge < -0.3 is 9.47 Å². The Balaban J connectivity index is 1.98. The zero-order valence-electron chi connectivity index (χ0n) is 15.2. The molecule has 28 heavy (non-hydrogen) atoms. The number of anilines is 1. The molecule has 2 aromatic rings. The van der Waals surface area contributed by atoms with Gasteiger partial charge in [-0.15, -0.1) is 0 Å². The molecule has 7 nitrogen and oxygen atoms in total. The maximum absolute atomic E-state index is 13.1. The summed E-state index contributed by atoms with van der Waals surface area (Å²) in [6, 6.07) is 8.81. The van der Waals surface area contributed by atoms with Gasteiger partial charge in [0, 0.05) is 0 Å². The molecule has 1 aliphatic rings. The summed E-state index contributed by atoms with van der Waals surface area (Å²) in [6.07, 6.45) is 1.35. The molecular weight excluding hydrogens is 367 g/mol. The van der Waals surface area contributed by atoms with Crippen LogP contribution in [0.15, 0.2) is 48.0 Å². The summed E-state index contributed by atoms with van der Waals surface area (Å²) < 4.78 is 23.8. The summed E-state index contributed by atoms with van der Waals surface area (Å²) in [7, 11) is 1.47. The van der Waals surface area contributed by atoms with Gasteiger partial charge in [-0.1, -0.05) is 6.07 Å². The number of urea groups is 1. The van der Waals surface area contributed by atoms with Crippen molar-refractivity contribution in [2.45, 2.75) is 6.92 Å². The molecule has 1 aliphatic heterocycles. The van der Waals surface area contributed by atoms with Crippen LogP contribution in [0.1, 0.15) is 12.5 Å². The average Bonchev–Trinajstić information content (AvgIpc) is 2.67. The molecule has 0 saturated carbocycles. The zero-order chi connectivity index (χ0) is 20.3. The lowest BCUT2D eigenvalue weighted by atomic mass is 10.1. The average molecular weight is 384 g/mol. The highest BCUT2D eigenvalue weighted by molar-refractivity contribution is 6.39. The molecule has 1 N–H and O–H groups in total. The molecule has 0 unspecified atom stereocenters. The van der Waals surface area contributed by atoms with Crippen LogP contribution in [0.2, 0.25) is 0 Å². The fraction of sp³-hybridized carbons (Fsp3) is 0.150. The van der Waals surface area contributed by atoms with E-state index in [9.17, 15) is 18.8 Å². The first-order chi connectivity index (χ1) is 13.4. The van der Waals surface area contributed by atoms with E-state index in [-0.39, 0.29) is 11.3 Å². The summed E-state index contributed by atoms with van der Waals surface area (Å²) in [5.74, 6) is -1.18. The van der Waals surface area contributed by atoms with Crippen LogP contribution in [0.5, 0.6) is 11.5 Å². The van der Waals surface area contributed by atoms with Crippen molar-refractivity contribution in [3.8, 4) is 11.5 Å². The molecule has 2 aromatic carbocycles. The van der Waals surface area contributed by atoms with Gasteiger partial charge in [0.05, 0.1) is 19.4 Å². The summed E-state index contributed by atoms with van der Waals surface area (Å²) in [4.78, 5) is 37.9. The predicted octanol–water partition coefficient (Wildman–Crippen LogP) is 2.90. The van der Waals surface area contributed by atoms with Crippen molar-refractivity contribution in [3.63, 3.8) is 0 Å². The topological polar surface area (TPSA) is 84.9 Å². The monoisotopic (exact) mass is 384 g/mol. The first kappa shape index (κ1) is 19.1. The van der Waals surface area contributed by atoms with Gasteiger partial charge in [0.2, 0.25) is 0 Å². The Morgan fingerprint density at radius 3 is 2.43 bits per heavy atom. The molecule has 0 radical (unpaired) electrons. The maximum atomic E-state index is 13.1. The fourth-order valence-electron chi connectivity index (χ4n) is 2.70. The standard InChI is InChI=1S/C20H17FN2O5/c1-3-28-16-9-4-12(11-17(16)27-2)10-15-18(24)22-20(26)23(19(15)25)14-7-5-13(21)6-8-14/h4-11H,3H2,1-2H3,(H,22,24,26). The lowest BCUT2D eigenvalue weighted by Gasteiger charge is -2.26. The Labute approximate surface area is 160 Å². The van der Waals surface area contributed by atoms with Crippen molar-refractivity contribution in [2.24, 2.45) is 0 Å². The number of ether oxygens (including phenoxy) is 2. The molecule has 0 bridgehead atoms. The number of hydrogen-bond donors (Lipinski definition) is 1. The van der Waals surface area contributed by atoms with Crippen molar-refractivity contribution < 1.29 is 28.2 Å². The number of nitrogens with zero attached hydrogens (tertiary/aromatic N) is 1. The summed E-state index contributed by atoms with van der Waals surface area (Å²) in [6.45, 7) is 2.29. The number of amides is 4. The number of imide groups is 2. The number of halogens is 1. The van der Waals surface area contributed by atoms with Gasteiger partial charge in [0.25, 0.3) is 11.8 Å². The zero-order valence-corrected chi connectivity index (χ0v) is 15.2. The first-order valence-electron chi connectivity index (χ1n) is 8.42. The van der Waals surface area contributed by atoms with E-state index >= 15 is 0 Å². The summed E-state index contributed by atoms with van der Waals surface area (Å²) in [5, 5.41) is 2.11. The molecule has 4 amide bonds. The Morgan fingerprint density at radius 2 is 1.79 bits per heavy atom. The molecule has 144 valence electrons. The first-order valence-corrected chi connectivity index (χ1v) is 8.42. The molecule has 8 heteroatoms. The summed E-state index contributed by atoms with van der Waals surface area (Å²) >= 11 is 0. The van der Waals surface area contributed by atoms with Gasteiger partial charge in [-0.3, -0.25) is 14.9 Å². The Hall–Kier alpha value is -3.68. The second-order valence-electron chi connectivity index (χ2n) is 5.78. The van der Waals surface area contributed by atoms with E-state index in [1.165, 1.54) is 25.3 Å². The van der Waals surface area contributed by atoms with E-state index < -0.39 is 23.7 Å². The molecule has 1 fully saturated rings. The van der Waals surface area contributed by atoms with Gasteiger partial charge in [0.15, 0.2) is 11.5 Å². The van der Waals surface area contributed by atoms with Gasteiger partial charge in [0.1, 0.15) is 11.4 Å². The van der Waals surface area contributed by atoms with Crippen LogP contribution in [0.4, 0.5) is 14.9 Å². The Morgan fingerprint density at radius 1 is 1.07 bits per heavy atom. The second kappa shape index (κ2) is 7.91. The Kier molecular flexibility index (Phi) is 5.39. The van der Waals surface area contributed by atoms with E-state index in [0.717, 1.165) is 17.0 Å². The van der Waals surface area contributed by atoms with Crippen LogP contribution >= 0.6 is 0 Å². The third kappa shape index (κ3) is 3.71. The van der Waals surface area contributed by atoms with E-state index in [1.54, 1.807) is 18.2 Å². The number of rotatable bonds is 5. The molecule has 1 heterocycles. The molecule has 1 saturated heterocycles. The summed E-state index contributed by atoms with van der Waals surface area (Å²) in [5.41, 5.74) is 0.411. The smallest absolute Gasteiger partial charge is 0.335 e. The van der Waals surface area contributed by atoms with Crippen molar-refractivity contribution >= 4 is 29.6 Å². The van der Waals surface area contributed by atoms with Crippen LogP contribution in [-0.2, 0) is 9.59 Å². The normalized spacial score (nSPS) is 15.6. The van der Waals surface area contributed by atoms with E-state index in [2.05, 4.69) is 5.32 Å². The van der Waals surface area contributed by atoms with Crippen LogP contribution in [0, 0.1) is 5.82 Å². The molecule has 0 aliphatic carbocycles. The van der Waals surface area contributed by atoms with E-state index in [0.29, 0.717) is 23.7 Å². The number of carbonyl (C=O) groups is 3. The fourth-order valence-corrected chi connectivity index (χ4v) is 2.70. The lowest BCUT2D eigenvalue weighted by Crippen LogP contribution is -2.54. The van der Waals surface area contributed by atoms with Gasteiger partial charge in [-0.2, -0.15) is 0 Å². The Bertz CT molecular complexity index is 969. The molecule has 3 rings (SSSR count). The number of nitrogens with one attached hydrogen (secondary N) is 1. The van der Waals surface area contributed by atoms with Crippen LogP contribution in [0.25, 0.3) is 6.08 Å².